The lowest BCUT2D eigenvalue weighted by Gasteiger charge is -2.13. The van der Waals surface area contributed by atoms with Gasteiger partial charge in [-0.05, 0) is 25.0 Å². The van der Waals surface area contributed by atoms with E-state index >= 15 is 0 Å². The van der Waals surface area contributed by atoms with Gasteiger partial charge in [0, 0.05) is 6.04 Å². The monoisotopic (exact) mass is 295 g/mol. The van der Waals surface area contributed by atoms with Crippen LogP contribution in [-0.2, 0) is 10.0 Å². The zero-order valence-corrected chi connectivity index (χ0v) is 11.7. The molecule has 1 rings (SSSR count). The van der Waals surface area contributed by atoms with Gasteiger partial charge in [-0.25, -0.2) is 13.1 Å². The maximum Gasteiger partial charge on any atom is 0.250 e. The molecular weight excluding hydrogens is 282 g/mol. The van der Waals surface area contributed by atoms with Crippen LogP contribution in [0, 0.1) is 6.92 Å². The van der Waals surface area contributed by atoms with Crippen molar-refractivity contribution >= 4 is 33.0 Å². The summed E-state index contributed by atoms with van der Waals surface area (Å²) >= 11 is 6.83. The predicted molar refractivity (Wildman–Crippen MR) is 70.1 cm³/mol. The zero-order valence-electron chi connectivity index (χ0n) is 9.31. The Bertz CT molecular complexity index is 476. The Morgan fingerprint density at radius 3 is 2.76 bits per heavy atom. The van der Waals surface area contributed by atoms with E-state index in [1.54, 1.807) is 13.0 Å². The Morgan fingerprint density at radius 1 is 1.71 bits per heavy atom. The van der Waals surface area contributed by atoms with E-state index in [-0.39, 0.29) is 10.8 Å². The van der Waals surface area contributed by atoms with Crippen LogP contribution in [0.2, 0.25) is 4.34 Å². The number of aliphatic hydroxyl groups is 1. The van der Waals surface area contributed by atoms with Crippen LogP contribution in [0.1, 0.15) is 12.0 Å². The average Bonchev–Trinajstić information content (AvgIpc) is 2.59. The van der Waals surface area contributed by atoms with Crippen LogP contribution in [0.5, 0.6) is 0 Å². The summed E-state index contributed by atoms with van der Waals surface area (Å²) in [5, 5.41) is 9.03. The molecule has 1 aromatic rings. The van der Waals surface area contributed by atoms with Crippen LogP contribution in [0.4, 0.5) is 0 Å². The molecule has 0 aliphatic rings. The lowest BCUT2D eigenvalue weighted by Crippen LogP contribution is -2.36. The number of hydrogen-bond donors (Lipinski definition) is 2. The second kappa shape index (κ2) is 5.97. The summed E-state index contributed by atoms with van der Waals surface area (Å²) < 4.78 is 26.9. The van der Waals surface area contributed by atoms with Crippen LogP contribution < -0.4 is 4.72 Å². The second-order valence-corrected chi connectivity index (χ2v) is 7.14. The summed E-state index contributed by atoms with van der Waals surface area (Å²) in [7, 11) is -3.62. The van der Waals surface area contributed by atoms with Gasteiger partial charge in [0.25, 0.3) is 0 Å². The molecule has 0 spiro atoms. The molecular formula is C10H14ClNO3S2. The molecule has 0 saturated heterocycles. The summed E-state index contributed by atoms with van der Waals surface area (Å²) in [5.74, 6) is 0. The van der Waals surface area contributed by atoms with Crippen molar-refractivity contribution in [3.05, 3.63) is 28.6 Å². The highest BCUT2D eigenvalue weighted by molar-refractivity contribution is 7.91. The number of aliphatic hydroxyl groups excluding tert-OH is 1. The smallest absolute Gasteiger partial charge is 0.250 e. The Morgan fingerprint density at radius 2 is 2.35 bits per heavy atom. The van der Waals surface area contributed by atoms with Gasteiger partial charge in [0.2, 0.25) is 10.0 Å². The molecule has 4 nitrogen and oxygen atoms in total. The van der Waals surface area contributed by atoms with E-state index in [9.17, 15) is 8.42 Å². The van der Waals surface area contributed by atoms with E-state index in [0.29, 0.717) is 10.8 Å². The van der Waals surface area contributed by atoms with Crippen LogP contribution in [0.15, 0.2) is 22.9 Å². The standard InChI is InChI=1S/C10H14ClNO3S2/c1-3-4-8(6-13)12-17(14,15)9-5-7(2)10(11)16-9/h3,5,8,12-13H,1,4,6H2,2H3/t8-/m1/s1. The third kappa shape index (κ3) is 3.79. The highest BCUT2D eigenvalue weighted by Crippen LogP contribution is 2.30. The molecule has 0 radical (unpaired) electrons. The first-order chi connectivity index (χ1) is 7.90. The van der Waals surface area contributed by atoms with Crippen molar-refractivity contribution in [2.24, 2.45) is 0 Å². The van der Waals surface area contributed by atoms with E-state index in [2.05, 4.69) is 11.3 Å². The highest BCUT2D eigenvalue weighted by Gasteiger charge is 2.21. The minimum absolute atomic E-state index is 0.155. The van der Waals surface area contributed by atoms with Crippen molar-refractivity contribution in [1.29, 1.82) is 0 Å². The highest BCUT2D eigenvalue weighted by atomic mass is 35.5. The zero-order chi connectivity index (χ0) is 13.1. The number of halogens is 1. The minimum Gasteiger partial charge on any atom is -0.395 e. The van der Waals surface area contributed by atoms with E-state index in [0.717, 1.165) is 16.9 Å². The molecule has 17 heavy (non-hydrogen) atoms. The van der Waals surface area contributed by atoms with Crippen molar-refractivity contribution in [1.82, 2.24) is 4.72 Å². The van der Waals surface area contributed by atoms with Gasteiger partial charge in [-0.1, -0.05) is 17.7 Å². The molecule has 7 heteroatoms. The summed E-state index contributed by atoms with van der Waals surface area (Å²) in [6, 6.07) is 0.955. The van der Waals surface area contributed by atoms with Crippen molar-refractivity contribution in [3.8, 4) is 0 Å². The van der Waals surface area contributed by atoms with Crippen molar-refractivity contribution in [2.45, 2.75) is 23.6 Å². The molecule has 0 saturated carbocycles. The lowest BCUT2D eigenvalue weighted by molar-refractivity contribution is 0.257. The molecule has 0 amide bonds. The molecule has 0 unspecified atom stereocenters. The van der Waals surface area contributed by atoms with Crippen LogP contribution >= 0.6 is 22.9 Å². The molecule has 0 aliphatic heterocycles. The molecule has 0 aliphatic carbocycles. The molecule has 1 atom stereocenters. The largest absolute Gasteiger partial charge is 0.395 e. The van der Waals surface area contributed by atoms with Crippen LogP contribution in [0.3, 0.4) is 0 Å². The molecule has 0 fully saturated rings. The Labute approximate surface area is 110 Å². The SMILES string of the molecule is C=CC[C@H](CO)NS(=O)(=O)c1cc(C)c(Cl)s1. The molecule has 1 aromatic heterocycles. The Hall–Kier alpha value is -0.400. The normalized spacial score (nSPS) is 13.6. The topological polar surface area (TPSA) is 66.4 Å². The molecule has 2 N–H and O–H groups in total. The van der Waals surface area contributed by atoms with E-state index in [1.165, 1.54) is 6.07 Å². The molecule has 1 heterocycles. The van der Waals surface area contributed by atoms with Gasteiger partial charge in [-0.3, -0.25) is 0 Å². The van der Waals surface area contributed by atoms with Gasteiger partial charge >= 0.3 is 0 Å². The van der Waals surface area contributed by atoms with Gasteiger partial charge in [-0.2, -0.15) is 0 Å². The third-order valence-electron chi connectivity index (χ3n) is 2.09. The van der Waals surface area contributed by atoms with Gasteiger partial charge in [0.05, 0.1) is 10.9 Å². The number of sulfonamides is 1. The van der Waals surface area contributed by atoms with Crippen molar-refractivity contribution in [3.63, 3.8) is 0 Å². The van der Waals surface area contributed by atoms with Gasteiger partial charge in [-0.15, -0.1) is 17.9 Å². The molecule has 0 bridgehead atoms. The van der Waals surface area contributed by atoms with E-state index < -0.39 is 16.1 Å². The van der Waals surface area contributed by atoms with Crippen molar-refractivity contribution in [2.75, 3.05) is 6.61 Å². The minimum atomic E-state index is -3.62. The average molecular weight is 296 g/mol. The quantitative estimate of drug-likeness (QED) is 0.788. The number of hydrogen-bond acceptors (Lipinski definition) is 4. The first-order valence-electron chi connectivity index (χ1n) is 4.90. The van der Waals surface area contributed by atoms with E-state index in [4.69, 9.17) is 16.7 Å². The summed E-state index contributed by atoms with van der Waals surface area (Å²) in [5.41, 5.74) is 0.723. The fraction of sp³-hybridized carbons (Fsp3) is 0.400. The van der Waals surface area contributed by atoms with Gasteiger partial charge in [0.15, 0.2) is 0 Å². The summed E-state index contributed by atoms with van der Waals surface area (Å²) in [6.45, 7) is 4.97. The first-order valence-corrected chi connectivity index (χ1v) is 7.58. The van der Waals surface area contributed by atoms with E-state index in [1.807, 2.05) is 0 Å². The van der Waals surface area contributed by atoms with Crippen LogP contribution in [0.25, 0.3) is 0 Å². The maximum absolute atomic E-state index is 11.9. The Kier molecular flexibility index (Phi) is 5.15. The maximum atomic E-state index is 11.9. The first kappa shape index (κ1) is 14.7. The lowest BCUT2D eigenvalue weighted by atomic mass is 10.2. The number of thiophene rings is 1. The van der Waals surface area contributed by atoms with Gasteiger partial charge in [0.1, 0.15) is 4.21 Å². The third-order valence-corrected chi connectivity index (χ3v) is 5.64. The second-order valence-electron chi connectivity index (χ2n) is 3.55. The summed E-state index contributed by atoms with van der Waals surface area (Å²) in [4.78, 5) is 0. The molecule has 0 aromatic carbocycles. The van der Waals surface area contributed by atoms with Gasteiger partial charge < -0.3 is 5.11 Å². The van der Waals surface area contributed by atoms with Crippen molar-refractivity contribution < 1.29 is 13.5 Å². The fourth-order valence-corrected chi connectivity index (χ4v) is 4.17. The predicted octanol–water partition coefficient (Wildman–Crippen LogP) is 1.93. The Balaban J connectivity index is 2.91. The summed E-state index contributed by atoms with van der Waals surface area (Å²) in [6.07, 6.45) is 1.92. The number of rotatable bonds is 6. The van der Waals surface area contributed by atoms with Crippen LogP contribution in [-0.4, -0.2) is 26.2 Å². The number of nitrogens with one attached hydrogen (secondary N) is 1. The number of aryl methyl sites for hydroxylation is 1. The fourth-order valence-electron chi connectivity index (χ4n) is 1.20. The molecule has 96 valence electrons.